The highest BCUT2D eigenvalue weighted by molar-refractivity contribution is 6.67. The van der Waals surface area contributed by atoms with Crippen LogP contribution in [-0.2, 0) is 89.8 Å². The van der Waals surface area contributed by atoms with Crippen LogP contribution in [0.25, 0.3) is 0 Å². The molecule has 0 aromatic heterocycles. The number of aliphatic hydroxyl groups excluding tert-OH is 1. The number of hydrogen-bond acceptors (Lipinski definition) is 20. The second-order valence-electron chi connectivity index (χ2n) is 18.2. The molecule has 1 aliphatic heterocycles. The van der Waals surface area contributed by atoms with Crippen LogP contribution in [-0.4, -0.2) is 118 Å². The Kier molecular flexibility index (Phi) is 34.0. The Balaban J connectivity index is 4.21. The summed E-state index contributed by atoms with van der Waals surface area (Å²) in [5.41, 5.74) is 0. The van der Waals surface area contributed by atoms with Gasteiger partial charge in [0.1, 0.15) is 12.7 Å². The minimum atomic E-state index is -4.19. The first kappa shape index (κ1) is 65.6. The molecule has 1 fully saturated rings. The lowest BCUT2D eigenvalue weighted by atomic mass is 9.98. The van der Waals surface area contributed by atoms with E-state index in [0.29, 0.717) is 25.7 Å². The summed E-state index contributed by atoms with van der Waals surface area (Å²) < 4.78 is 64.3. The summed E-state index contributed by atoms with van der Waals surface area (Å²) >= 11 is 0. The lowest BCUT2D eigenvalue weighted by Crippen LogP contribution is -2.65. The first-order valence-electron chi connectivity index (χ1n) is 25.9. The molecular weight excluding hydrogens is 961 g/mol. The highest BCUT2D eigenvalue weighted by atomic mass is 28.4. The van der Waals surface area contributed by atoms with Crippen molar-refractivity contribution in [1.82, 2.24) is 0 Å². The van der Waals surface area contributed by atoms with Gasteiger partial charge < -0.3 is 56.6 Å². The van der Waals surface area contributed by atoms with E-state index >= 15 is 0 Å². The number of hydrogen-bond donors (Lipinski definition) is 1. The van der Waals surface area contributed by atoms with Crippen LogP contribution >= 0.6 is 0 Å². The summed E-state index contributed by atoms with van der Waals surface area (Å²) in [6.45, 7) is 12.1. The van der Waals surface area contributed by atoms with Gasteiger partial charge in [0.15, 0.2) is 36.5 Å². The lowest BCUT2D eigenvalue weighted by Gasteiger charge is -2.46. The molecule has 1 N–H and O–H groups in total. The highest BCUT2D eigenvalue weighted by Gasteiger charge is 2.56. The fraction of sp³-hybridized carbons (Fsp3) is 0.804. The van der Waals surface area contributed by atoms with Crippen LogP contribution in [0.3, 0.4) is 0 Å². The monoisotopic (exact) mass is 1050 g/mol. The topological polar surface area (TPSA) is 258 Å². The fourth-order valence-electron chi connectivity index (χ4n) is 8.29. The zero-order valence-corrected chi connectivity index (χ0v) is 45.7. The average Bonchev–Trinajstić information content (AvgIpc) is 3.27. The number of unbranched alkanes of at least 4 members (excludes halogenated alkanes) is 17. The SMILES string of the molecule is CCCCCCCCCCCC[Si](CCCCCCCCCCC)(OC(O)C(OC(C)=O)=C(OC(C)=O)C(CCOC(C)=O)OC(C)=O)OC1OC(COC(C)=O)C(OC(C)=O)C(OC(C)=O)C1OC(C)=O. The van der Waals surface area contributed by atoms with Crippen LogP contribution in [0.2, 0.25) is 12.1 Å². The molecule has 0 spiro atoms. The Bertz CT molecular complexity index is 1700. The molecule has 0 amide bonds. The number of rotatable bonds is 38. The number of carbonyl (C=O) groups excluding carboxylic acids is 8. The van der Waals surface area contributed by atoms with Crippen molar-refractivity contribution in [2.75, 3.05) is 13.2 Å². The molecule has 21 heteroatoms. The molecule has 0 bridgehead atoms. The average molecular weight is 1050 g/mol. The quantitative estimate of drug-likeness (QED) is 0.0152. The van der Waals surface area contributed by atoms with Crippen LogP contribution in [0.4, 0.5) is 0 Å². The molecule has 0 aromatic carbocycles. The number of esters is 8. The second kappa shape index (κ2) is 37.3. The van der Waals surface area contributed by atoms with Crippen molar-refractivity contribution >= 4 is 56.3 Å². The molecular formula is C51H86O20Si. The molecule has 20 nitrogen and oxygen atoms in total. The van der Waals surface area contributed by atoms with E-state index in [-0.39, 0.29) is 25.1 Å². The largest absolute Gasteiger partial charge is 0.466 e. The van der Waals surface area contributed by atoms with Gasteiger partial charge in [-0.1, -0.05) is 136 Å². The standard InChI is InChI=1S/C51H86O20Si/c1-11-13-15-17-19-21-23-25-27-29-33-72(32-28-26-24-22-20-18-16-14-12-2,70-50(60)48(67-41(9)58)45(64-38(6)55)43(63-37(5)54)30-31-61-35(3)52)71-51-49(68-42(10)59)47(66-40(8)57)46(65-39(7)56)44(69-51)34-62-36(4)53/h43-44,46-47,49-51,60H,11-34H2,1-10H3. The lowest BCUT2D eigenvalue weighted by molar-refractivity contribution is -0.294. The summed E-state index contributed by atoms with van der Waals surface area (Å²) in [5.74, 6) is -8.20. The van der Waals surface area contributed by atoms with Crippen molar-refractivity contribution in [3.05, 3.63) is 11.5 Å². The zero-order valence-electron chi connectivity index (χ0n) is 44.7. The van der Waals surface area contributed by atoms with Crippen molar-refractivity contribution in [2.45, 2.75) is 253 Å². The Morgan fingerprint density at radius 3 is 1.32 bits per heavy atom. The molecule has 1 heterocycles. The Labute approximate surface area is 427 Å². The molecule has 1 aliphatic rings. The van der Waals surface area contributed by atoms with Crippen LogP contribution in [0, 0.1) is 0 Å². The van der Waals surface area contributed by atoms with Crippen molar-refractivity contribution in [1.29, 1.82) is 0 Å². The van der Waals surface area contributed by atoms with Crippen molar-refractivity contribution < 1.29 is 94.9 Å². The van der Waals surface area contributed by atoms with E-state index in [1.807, 2.05) is 0 Å². The molecule has 1 rings (SSSR count). The third-order valence-corrected chi connectivity index (χ3v) is 15.0. The van der Waals surface area contributed by atoms with Gasteiger partial charge >= 0.3 is 56.3 Å². The van der Waals surface area contributed by atoms with Crippen LogP contribution < -0.4 is 0 Å². The van der Waals surface area contributed by atoms with Crippen molar-refractivity contribution in [3.63, 3.8) is 0 Å². The van der Waals surface area contributed by atoms with Gasteiger partial charge in [-0.05, 0) is 12.1 Å². The van der Waals surface area contributed by atoms with E-state index < -0.39 is 118 Å². The maximum Gasteiger partial charge on any atom is 0.342 e. The van der Waals surface area contributed by atoms with Gasteiger partial charge in [-0.2, -0.15) is 0 Å². The van der Waals surface area contributed by atoms with E-state index in [1.165, 1.54) is 12.8 Å². The smallest absolute Gasteiger partial charge is 0.342 e. The summed E-state index contributed by atoms with van der Waals surface area (Å²) in [6.07, 6.45) is 6.25. The maximum atomic E-state index is 12.9. The fourth-order valence-corrected chi connectivity index (χ4v) is 11.8. The predicted octanol–water partition coefficient (Wildman–Crippen LogP) is 8.54. The third-order valence-electron chi connectivity index (χ3n) is 11.4. The summed E-state index contributed by atoms with van der Waals surface area (Å²) in [7, 11) is -4.19. The first-order valence-corrected chi connectivity index (χ1v) is 28.1. The molecule has 414 valence electrons. The second-order valence-corrected chi connectivity index (χ2v) is 21.5. The summed E-state index contributed by atoms with van der Waals surface area (Å²) in [6, 6.07) is 0.279. The third kappa shape index (κ3) is 28.7. The van der Waals surface area contributed by atoms with Crippen molar-refractivity contribution in [2.24, 2.45) is 0 Å². The normalized spacial score (nSPS) is 19.6. The van der Waals surface area contributed by atoms with E-state index in [4.69, 9.17) is 51.5 Å². The molecule has 0 aliphatic carbocycles. The van der Waals surface area contributed by atoms with E-state index in [9.17, 15) is 43.5 Å². The van der Waals surface area contributed by atoms with Gasteiger partial charge in [-0.3, -0.25) is 38.4 Å². The van der Waals surface area contributed by atoms with Gasteiger partial charge in [0.25, 0.3) is 0 Å². The molecule has 0 radical (unpaired) electrons. The Morgan fingerprint density at radius 1 is 0.486 bits per heavy atom. The maximum absolute atomic E-state index is 12.9. The van der Waals surface area contributed by atoms with Crippen LogP contribution in [0.15, 0.2) is 11.5 Å². The minimum absolute atomic E-state index is 0.139. The molecule has 72 heavy (non-hydrogen) atoms. The Hall–Kier alpha value is -4.44. The predicted molar refractivity (Wildman–Crippen MR) is 262 cm³/mol. The number of aliphatic hydroxyl groups is 1. The zero-order chi connectivity index (χ0) is 54.1. The Morgan fingerprint density at radius 2 is 0.903 bits per heavy atom. The van der Waals surface area contributed by atoms with Gasteiger partial charge in [0.2, 0.25) is 12.0 Å². The van der Waals surface area contributed by atoms with E-state index in [0.717, 1.165) is 139 Å². The van der Waals surface area contributed by atoms with Gasteiger partial charge in [0.05, 0.1) is 6.61 Å². The summed E-state index contributed by atoms with van der Waals surface area (Å²) in [4.78, 5) is 100. The number of ether oxygens (including phenoxy) is 9. The van der Waals surface area contributed by atoms with Crippen LogP contribution in [0.5, 0.6) is 0 Å². The van der Waals surface area contributed by atoms with Gasteiger partial charge in [-0.15, -0.1) is 0 Å². The number of carbonyl (C=O) groups is 8. The molecule has 8 unspecified atom stereocenters. The van der Waals surface area contributed by atoms with Gasteiger partial charge in [0, 0.05) is 61.8 Å². The summed E-state index contributed by atoms with van der Waals surface area (Å²) in [5, 5.41) is 12.4. The highest BCUT2D eigenvalue weighted by Crippen LogP contribution is 2.37. The molecule has 0 saturated carbocycles. The van der Waals surface area contributed by atoms with Crippen molar-refractivity contribution in [3.8, 4) is 0 Å². The molecule has 0 aromatic rings. The molecule has 1 saturated heterocycles. The minimum Gasteiger partial charge on any atom is -0.466 e. The molecule has 8 atom stereocenters. The first-order chi connectivity index (χ1) is 34.1. The van der Waals surface area contributed by atoms with Gasteiger partial charge in [-0.25, -0.2) is 0 Å². The van der Waals surface area contributed by atoms with Crippen LogP contribution in [0.1, 0.15) is 198 Å². The van der Waals surface area contributed by atoms with E-state index in [2.05, 4.69) is 13.8 Å². The van der Waals surface area contributed by atoms with E-state index in [1.54, 1.807) is 0 Å².